The van der Waals surface area contributed by atoms with E-state index in [4.69, 9.17) is 30.9 Å². The third kappa shape index (κ3) is 10.2. The van der Waals surface area contributed by atoms with Gasteiger partial charge in [0.05, 0.1) is 19.6 Å². The number of carbonyl (C=O) groups is 3. The molecule has 0 saturated heterocycles. The number of carboxylic acid groups (broad SMARTS) is 1. The molecule has 2 atom stereocenters. The molecule has 0 aromatic rings. The van der Waals surface area contributed by atoms with Gasteiger partial charge in [0, 0.05) is 20.1 Å². The van der Waals surface area contributed by atoms with Gasteiger partial charge in [-0.1, -0.05) is 11.4 Å². The van der Waals surface area contributed by atoms with Crippen molar-refractivity contribution in [1.29, 1.82) is 0 Å². The van der Waals surface area contributed by atoms with Gasteiger partial charge < -0.3 is 19.1 Å². The fourth-order valence-corrected chi connectivity index (χ4v) is 6.41. The summed E-state index contributed by atoms with van der Waals surface area (Å²) < 4.78 is 15.2. The Morgan fingerprint density at radius 1 is 1.25 bits per heavy atom. The fourth-order valence-electron chi connectivity index (χ4n) is 1.54. The molecule has 0 aromatic heterocycles. The Labute approximate surface area is 150 Å². The highest BCUT2D eigenvalue weighted by Gasteiger charge is 2.31. The molecular formula is C13H24NO7PS2. The standard InChI is InChI=1S/C13H24NO7PS2/c1-4-20-12(17)9-10(13(18)21-5-2)24-22(23,19-3)14-8-6-7-11(15)16/h10H,4-9H2,1-3H3,(H,14,23)(H,15,16). The van der Waals surface area contributed by atoms with E-state index in [1.54, 1.807) is 13.8 Å². The summed E-state index contributed by atoms with van der Waals surface area (Å²) >= 11 is 6.44. The van der Waals surface area contributed by atoms with Gasteiger partial charge in [-0.15, -0.1) is 0 Å². The van der Waals surface area contributed by atoms with Crippen molar-refractivity contribution in [3.8, 4) is 0 Å². The van der Waals surface area contributed by atoms with Gasteiger partial charge in [0.1, 0.15) is 5.25 Å². The molecule has 2 unspecified atom stereocenters. The highest BCUT2D eigenvalue weighted by Crippen LogP contribution is 2.58. The summed E-state index contributed by atoms with van der Waals surface area (Å²) in [5.74, 6) is -1.98. The van der Waals surface area contributed by atoms with Gasteiger partial charge >= 0.3 is 17.9 Å². The summed E-state index contributed by atoms with van der Waals surface area (Å²) in [6, 6.07) is 0. The van der Waals surface area contributed by atoms with Crippen LogP contribution in [0.15, 0.2) is 0 Å². The molecule has 0 aliphatic rings. The second-order valence-corrected chi connectivity index (χ2v) is 11.3. The van der Waals surface area contributed by atoms with Crippen molar-refractivity contribution in [3.63, 3.8) is 0 Å². The van der Waals surface area contributed by atoms with E-state index in [-0.39, 0.29) is 26.1 Å². The van der Waals surface area contributed by atoms with E-state index in [2.05, 4.69) is 5.09 Å². The Hall–Kier alpha value is -0.670. The predicted octanol–water partition coefficient (Wildman–Crippen LogP) is 1.93. The van der Waals surface area contributed by atoms with Crippen molar-refractivity contribution >= 4 is 46.7 Å². The molecule has 0 saturated carbocycles. The van der Waals surface area contributed by atoms with Crippen LogP contribution in [0.2, 0.25) is 0 Å². The third-order valence-corrected chi connectivity index (χ3v) is 8.61. The molecule has 0 aromatic carbocycles. The molecule has 8 nitrogen and oxygen atoms in total. The normalized spacial score (nSPS) is 14.5. The highest BCUT2D eigenvalue weighted by molar-refractivity contribution is 8.69. The number of ether oxygens (including phenoxy) is 2. The lowest BCUT2D eigenvalue weighted by atomic mass is 10.3. The first kappa shape index (κ1) is 23.3. The maximum absolute atomic E-state index is 12.1. The Morgan fingerprint density at radius 2 is 1.88 bits per heavy atom. The number of hydrogen-bond donors (Lipinski definition) is 2. The first-order chi connectivity index (χ1) is 11.3. The van der Waals surface area contributed by atoms with Crippen LogP contribution in [0, 0.1) is 0 Å². The average molecular weight is 401 g/mol. The molecule has 0 spiro atoms. The van der Waals surface area contributed by atoms with Crippen molar-refractivity contribution in [3.05, 3.63) is 0 Å². The number of rotatable bonds is 13. The summed E-state index contributed by atoms with van der Waals surface area (Å²) in [4.78, 5) is 34.3. The van der Waals surface area contributed by atoms with Crippen molar-refractivity contribution < 1.29 is 33.5 Å². The van der Waals surface area contributed by atoms with Gasteiger partial charge in [0.2, 0.25) is 0 Å². The molecule has 0 heterocycles. The molecule has 2 N–H and O–H groups in total. The predicted molar refractivity (Wildman–Crippen MR) is 95.4 cm³/mol. The largest absolute Gasteiger partial charge is 0.481 e. The molecule has 0 amide bonds. The van der Waals surface area contributed by atoms with Crippen molar-refractivity contribution in [2.45, 2.75) is 38.4 Å². The van der Waals surface area contributed by atoms with Crippen LogP contribution in [0.25, 0.3) is 0 Å². The zero-order valence-corrected chi connectivity index (χ0v) is 16.5. The zero-order chi connectivity index (χ0) is 18.6. The molecule has 0 rings (SSSR count). The van der Waals surface area contributed by atoms with Gasteiger partial charge in [-0.2, -0.15) is 0 Å². The number of carboxylic acids is 1. The van der Waals surface area contributed by atoms with Gasteiger partial charge in [-0.3, -0.25) is 19.5 Å². The van der Waals surface area contributed by atoms with Crippen LogP contribution in [0.1, 0.15) is 33.1 Å². The lowest BCUT2D eigenvalue weighted by Crippen LogP contribution is -2.26. The zero-order valence-electron chi connectivity index (χ0n) is 14.0. The monoisotopic (exact) mass is 401 g/mol. The van der Waals surface area contributed by atoms with Crippen LogP contribution in [-0.2, 0) is 40.2 Å². The Kier molecular flexibility index (Phi) is 12.3. The lowest BCUT2D eigenvalue weighted by Gasteiger charge is -2.24. The van der Waals surface area contributed by atoms with Crippen LogP contribution in [-0.4, -0.2) is 55.1 Å². The van der Waals surface area contributed by atoms with E-state index < -0.39 is 28.8 Å². The minimum absolute atomic E-state index is 0.000838. The number of nitrogens with one attached hydrogen (secondary N) is 1. The molecule has 11 heteroatoms. The van der Waals surface area contributed by atoms with Crippen LogP contribution in [0.3, 0.4) is 0 Å². The van der Waals surface area contributed by atoms with Crippen LogP contribution in [0.5, 0.6) is 0 Å². The summed E-state index contributed by atoms with van der Waals surface area (Å²) in [5, 5.41) is 10.8. The number of hydrogen-bond acceptors (Lipinski definition) is 8. The SMILES string of the molecule is CCOC(=O)CC(SP(=S)(NCCCC(=O)O)OC)C(=O)OCC. The highest BCUT2D eigenvalue weighted by atomic mass is 32.9. The Bertz CT molecular complexity index is 475. The van der Waals surface area contributed by atoms with Crippen LogP contribution < -0.4 is 5.09 Å². The lowest BCUT2D eigenvalue weighted by molar-refractivity contribution is -0.149. The second kappa shape index (κ2) is 12.7. The Morgan fingerprint density at radius 3 is 2.38 bits per heavy atom. The van der Waals surface area contributed by atoms with Crippen molar-refractivity contribution in [1.82, 2.24) is 5.09 Å². The molecule has 0 fully saturated rings. The molecule has 0 radical (unpaired) electrons. The quantitative estimate of drug-likeness (QED) is 0.270. The molecule has 0 bridgehead atoms. The van der Waals surface area contributed by atoms with Gasteiger partial charge in [0.25, 0.3) is 0 Å². The average Bonchev–Trinajstić information content (AvgIpc) is 2.51. The number of carbonyl (C=O) groups excluding carboxylic acids is 2. The summed E-state index contributed by atoms with van der Waals surface area (Å²) in [6.45, 7) is 4.07. The Balaban J connectivity index is 4.84. The second-order valence-electron chi connectivity index (χ2n) is 4.44. The molecule has 140 valence electrons. The smallest absolute Gasteiger partial charge is 0.320 e. The van der Waals surface area contributed by atoms with Crippen LogP contribution in [0.4, 0.5) is 0 Å². The summed E-state index contributed by atoms with van der Waals surface area (Å²) in [5.41, 5.74) is -2.67. The topological polar surface area (TPSA) is 111 Å². The van der Waals surface area contributed by atoms with Gasteiger partial charge in [0.15, 0.2) is 5.62 Å². The van der Waals surface area contributed by atoms with E-state index in [0.717, 1.165) is 11.4 Å². The molecule has 24 heavy (non-hydrogen) atoms. The first-order valence-corrected chi connectivity index (χ1v) is 11.6. The van der Waals surface area contributed by atoms with E-state index in [1.807, 2.05) is 0 Å². The molecule has 0 aliphatic carbocycles. The number of esters is 2. The van der Waals surface area contributed by atoms with E-state index in [0.29, 0.717) is 13.0 Å². The van der Waals surface area contributed by atoms with Crippen molar-refractivity contribution in [2.24, 2.45) is 0 Å². The maximum atomic E-state index is 12.1. The first-order valence-electron chi connectivity index (χ1n) is 7.41. The maximum Gasteiger partial charge on any atom is 0.320 e. The molecular weight excluding hydrogens is 377 g/mol. The van der Waals surface area contributed by atoms with E-state index in [1.165, 1.54) is 7.11 Å². The van der Waals surface area contributed by atoms with Gasteiger partial charge in [-0.25, -0.2) is 0 Å². The van der Waals surface area contributed by atoms with Crippen molar-refractivity contribution in [2.75, 3.05) is 26.9 Å². The molecule has 0 aliphatic heterocycles. The summed E-state index contributed by atoms with van der Waals surface area (Å²) in [6.07, 6.45) is 0.205. The van der Waals surface area contributed by atoms with Crippen LogP contribution >= 0.6 is 17.0 Å². The van der Waals surface area contributed by atoms with E-state index >= 15 is 0 Å². The third-order valence-electron chi connectivity index (χ3n) is 2.59. The minimum Gasteiger partial charge on any atom is -0.481 e. The van der Waals surface area contributed by atoms with E-state index in [9.17, 15) is 14.4 Å². The summed E-state index contributed by atoms with van der Waals surface area (Å²) in [7, 11) is 1.41. The fraction of sp³-hybridized carbons (Fsp3) is 0.769. The van der Waals surface area contributed by atoms with Gasteiger partial charge in [-0.05, 0) is 32.1 Å². The number of aliphatic carboxylic acids is 1. The minimum atomic E-state index is -2.67.